The van der Waals surface area contributed by atoms with Crippen LogP contribution in [-0.2, 0) is 0 Å². The Morgan fingerprint density at radius 3 is 2.68 bits per heavy atom. The molecule has 3 rings (SSSR count). The van der Waals surface area contributed by atoms with Gasteiger partial charge in [0.1, 0.15) is 0 Å². The quantitative estimate of drug-likeness (QED) is 0.669. The van der Waals surface area contributed by atoms with E-state index in [0.717, 1.165) is 24.9 Å². The minimum absolute atomic E-state index is 0.00264. The number of likely N-dealkylation sites (tertiary alicyclic amines) is 1. The van der Waals surface area contributed by atoms with Crippen molar-refractivity contribution >= 4 is 5.69 Å². The number of nitrogens with two attached hydrogens (primary N) is 1. The highest BCUT2D eigenvalue weighted by atomic mass is 16.6. The van der Waals surface area contributed by atoms with Crippen LogP contribution in [-0.4, -0.2) is 28.5 Å². The topological polar surface area (TPSA) is 72.4 Å². The molecular weight excluding hydrogens is 242 g/mol. The summed E-state index contributed by atoms with van der Waals surface area (Å²) in [7, 11) is 0. The van der Waals surface area contributed by atoms with Gasteiger partial charge in [-0.1, -0.05) is 18.2 Å². The third kappa shape index (κ3) is 2.35. The summed E-state index contributed by atoms with van der Waals surface area (Å²) in [5.74, 6) is 0. The number of hydrogen-bond acceptors (Lipinski definition) is 4. The van der Waals surface area contributed by atoms with Crippen molar-refractivity contribution in [2.75, 3.05) is 6.54 Å². The van der Waals surface area contributed by atoms with Crippen LogP contribution in [0.15, 0.2) is 24.3 Å². The Balaban J connectivity index is 1.99. The first-order valence-corrected chi connectivity index (χ1v) is 6.93. The average molecular weight is 261 g/mol. The molecule has 0 spiro atoms. The molecule has 1 aromatic carbocycles. The van der Waals surface area contributed by atoms with Gasteiger partial charge in [0, 0.05) is 23.7 Å². The molecule has 102 valence electrons. The molecule has 0 amide bonds. The molecule has 2 unspecified atom stereocenters. The van der Waals surface area contributed by atoms with Gasteiger partial charge in [0.25, 0.3) is 5.69 Å². The minimum atomic E-state index is -0.290. The van der Waals surface area contributed by atoms with Gasteiger partial charge >= 0.3 is 0 Å². The Morgan fingerprint density at radius 1 is 1.26 bits per heavy atom. The van der Waals surface area contributed by atoms with Crippen molar-refractivity contribution < 1.29 is 4.92 Å². The number of para-hydroxylation sites is 1. The average Bonchev–Trinajstić information content (AvgIpc) is 3.22. The summed E-state index contributed by atoms with van der Waals surface area (Å²) in [6.07, 6.45) is 4.43. The third-order valence-electron chi connectivity index (χ3n) is 4.18. The van der Waals surface area contributed by atoms with E-state index in [1.165, 1.54) is 12.8 Å². The lowest BCUT2D eigenvalue weighted by molar-refractivity contribution is -0.386. The van der Waals surface area contributed by atoms with Crippen LogP contribution in [0.4, 0.5) is 5.69 Å². The Kier molecular flexibility index (Phi) is 3.24. The van der Waals surface area contributed by atoms with Gasteiger partial charge in [-0.2, -0.15) is 0 Å². The predicted molar refractivity (Wildman–Crippen MR) is 72.8 cm³/mol. The van der Waals surface area contributed by atoms with E-state index < -0.39 is 0 Å². The second kappa shape index (κ2) is 4.90. The van der Waals surface area contributed by atoms with Crippen molar-refractivity contribution in [3.8, 4) is 0 Å². The van der Waals surface area contributed by atoms with Crippen LogP contribution in [0.2, 0.25) is 0 Å². The number of nitrogens with zero attached hydrogens (tertiary/aromatic N) is 2. The van der Waals surface area contributed by atoms with Crippen LogP contribution < -0.4 is 5.73 Å². The third-order valence-corrected chi connectivity index (χ3v) is 4.18. The van der Waals surface area contributed by atoms with Gasteiger partial charge in [-0.25, -0.2) is 0 Å². The zero-order valence-corrected chi connectivity index (χ0v) is 10.9. The van der Waals surface area contributed by atoms with Gasteiger partial charge in [-0.05, 0) is 32.2 Å². The van der Waals surface area contributed by atoms with Gasteiger partial charge < -0.3 is 5.73 Å². The molecule has 2 aliphatic rings. The van der Waals surface area contributed by atoms with E-state index in [1.807, 2.05) is 12.1 Å². The van der Waals surface area contributed by atoms with E-state index in [2.05, 4.69) is 4.90 Å². The van der Waals surface area contributed by atoms with E-state index in [1.54, 1.807) is 12.1 Å². The first-order chi connectivity index (χ1) is 9.18. The number of benzene rings is 1. The van der Waals surface area contributed by atoms with Gasteiger partial charge in [-0.3, -0.25) is 15.0 Å². The molecule has 1 aliphatic carbocycles. The molecule has 0 aromatic heterocycles. The zero-order chi connectivity index (χ0) is 13.4. The highest BCUT2D eigenvalue weighted by molar-refractivity contribution is 5.43. The van der Waals surface area contributed by atoms with Gasteiger partial charge in [0.2, 0.25) is 0 Å². The second-order valence-corrected chi connectivity index (χ2v) is 5.54. The highest BCUT2D eigenvalue weighted by Crippen LogP contribution is 2.41. The molecule has 1 aromatic rings. The van der Waals surface area contributed by atoms with Gasteiger partial charge in [-0.15, -0.1) is 0 Å². The van der Waals surface area contributed by atoms with Crippen molar-refractivity contribution in [1.82, 2.24) is 4.90 Å². The summed E-state index contributed by atoms with van der Waals surface area (Å²) in [6, 6.07) is 7.62. The van der Waals surface area contributed by atoms with Crippen LogP contribution >= 0.6 is 0 Å². The Morgan fingerprint density at radius 2 is 2.00 bits per heavy atom. The number of nitro groups is 1. The SMILES string of the molecule is NC1CCCN(C2CC2)C1c1ccccc1[N+](=O)[O-]. The van der Waals surface area contributed by atoms with Crippen molar-refractivity contribution in [2.24, 2.45) is 5.73 Å². The molecule has 2 fully saturated rings. The van der Waals surface area contributed by atoms with Gasteiger partial charge in [0.15, 0.2) is 0 Å². The molecule has 1 saturated heterocycles. The lowest BCUT2D eigenvalue weighted by atomic mass is 9.90. The van der Waals surface area contributed by atoms with Crippen LogP contribution in [0.3, 0.4) is 0 Å². The summed E-state index contributed by atoms with van der Waals surface area (Å²) in [6.45, 7) is 1.01. The zero-order valence-electron chi connectivity index (χ0n) is 10.9. The Bertz CT molecular complexity index is 487. The summed E-state index contributed by atoms with van der Waals surface area (Å²) >= 11 is 0. The van der Waals surface area contributed by atoms with Crippen LogP contribution in [0.5, 0.6) is 0 Å². The van der Waals surface area contributed by atoms with Crippen molar-refractivity contribution in [3.05, 3.63) is 39.9 Å². The molecule has 1 heterocycles. The molecule has 0 bridgehead atoms. The van der Waals surface area contributed by atoms with Crippen molar-refractivity contribution in [2.45, 2.75) is 43.8 Å². The number of rotatable bonds is 3. The monoisotopic (exact) mass is 261 g/mol. The Hall–Kier alpha value is -1.46. The smallest absolute Gasteiger partial charge is 0.274 e. The number of hydrogen-bond donors (Lipinski definition) is 1. The summed E-state index contributed by atoms with van der Waals surface area (Å²) in [4.78, 5) is 13.3. The maximum atomic E-state index is 11.2. The molecule has 2 atom stereocenters. The fourth-order valence-electron chi connectivity index (χ4n) is 3.18. The highest BCUT2D eigenvalue weighted by Gasteiger charge is 2.41. The van der Waals surface area contributed by atoms with E-state index in [-0.39, 0.29) is 22.7 Å². The molecule has 1 aliphatic heterocycles. The molecule has 5 heteroatoms. The van der Waals surface area contributed by atoms with Gasteiger partial charge in [0.05, 0.1) is 11.0 Å². The first kappa shape index (κ1) is 12.6. The maximum Gasteiger partial charge on any atom is 0.274 e. The first-order valence-electron chi connectivity index (χ1n) is 6.93. The molecule has 0 radical (unpaired) electrons. The normalized spacial score (nSPS) is 28.3. The van der Waals surface area contributed by atoms with Crippen LogP contribution in [0, 0.1) is 10.1 Å². The van der Waals surface area contributed by atoms with E-state index in [4.69, 9.17) is 5.73 Å². The van der Waals surface area contributed by atoms with E-state index in [9.17, 15) is 10.1 Å². The molecule has 19 heavy (non-hydrogen) atoms. The number of nitro benzene ring substituents is 1. The van der Waals surface area contributed by atoms with Crippen LogP contribution in [0.1, 0.15) is 37.3 Å². The fourth-order valence-corrected chi connectivity index (χ4v) is 3.18. The van der Waals surface area contributed by atoms with E-state index in [0.29, 0.717) is 6.04 Å². The van der Waals surface area contributed by atoms with E-state index >= 15 is 0 Å². The lowest BCUT2D eigenvalue weighted by Gasteiger charge is -2.40. The summed E-state index contributed by atoms with van der Waals surface area (Å²) in [5.41, 5.74) is 7.26. The Labute approximate surface area is 112 Å². The predicted octanol–water partition coefficient (Wildman–Crippen LogP) is 2.22. The summed E-state index contributed by atoms with van der Waals surface area (Å²) < 4.78 is 0. The molecular formula is C14H19N3O2. The number of piperidine rings is 1. The van der Waals surface area contributed by atoms with Crippen LogP contribution in [0.25, 0.3) is 0 Å². The molecule has 2 N–H and O–H groups in total. The fraction of sp³-hybridized carbons (Fsp3) is 0.571. The standard InChI is InChI=1S/C14H19N3O2/c15-12-5-3-9-16(10-7-8-10)14(12)11-4-1-2-6-13(11)17(18)19/h1-2,4,6,10,12,14H,3,5,7-9,15H2. The maximum absolute atomic E-state index is 11.2. The van der Waals surface area contributed by atoms with Crippen molar-refractivity contribution in [3.63, 3.8) is 0 Å². The molecule has 1 saturated carbocycles. The second-order valence-electron chi connectivity index (χ2n) is 5.54. The summed E-state index contributed by atoms with van der Waals surface area (Å²) in [5, 5.41) is 11.2. The lowest BCUT2D eigenvalue weighted by Crippen LogP contribution is -2.47. The van der Waals surface area contributed by atoms with Crippen molar-refractivity contribution in [1.29, 1.82) is 0 Å². The largest absolute Gasteiger partial charge is 0.326 e. The molecule has 5 nitrogen and oxygen atoms in total. The minimum Gasteiger partial charge on any atom is -0.326 e.